The molecule has 15 nitrogen and oxygen atoms in total. The summed E-state index contributed by atoms with van der Waals surface area (Å²) in [7, 11) is 0. The molecule has 286 valence electrons. The summed E-state index contributed by atoms with van der Waals surface area (Å²) in [6.45, 7) is 8.27. The van der Waals surface area contributed by atoms with Gasteiger partial charge in [0.25, 0.3) is 11.8 Å². The Hall–Kier alpha value is -5.28. The second kappa shape index (κ2) is 18.0. The van der Waals surface area contributed by atoms with E-state index in [0.29, 0.717) is 12.0 Å². The molecule has 0 radical (unpaired) electrons. The van der Waals surface area contributed by atoms with Gasteiger partial charge in [-0.1, -0.05) is 65.0 Å². The van der Waals surface area contributed by atoms with E-state index >= 15 is 4.39 Å². The van der Waals surface area contributed by atoms with E-state index in [1.807, 2.05) is 0 Å². The van der Waals surface area contributed by atoms with Crippen LogP contribution in [0, 0.1) is 23.7 Å². The molecule has 0 spiro atoms. The van der Waals surface area contributed by atoms with Gasteiger partial charge >= 0.3 is 5.97 Å². The molecule has 8 unspecified atom stereocenters. The average Bonchev–Trinajstić information content (AvgIpc) is 3.70. The fourth-order valence-corrected chi connectivity index (χ4v) is 6.97. The number of benzene rings is 1. The van der Waals surface area contributed by atoms with E-state index in [-0.39, 0.29) is 31.5 Å². The number of Topliss-reactive ketones (excluding diaryl/α,β-unsaturated/α-hetero) is 1. The Balaban J connectivity index is 1.50. The molecule has 1 aromatic carbocycles. The van der Waals surface area contributed by atoms with Crippen LogP contribution < -0.4 is 21.3 Å². The van der Waals surface area contributed by atoms with Crippen LogP contribution in [0.3, 0.4) is 0 Å². The average molecular weight is 738 g/mol. The third-order valence-electron chi connectivity index (χ3n) is 9.90. The van der Waals surface area contributed by atoms with Crippen molar-refractivity contribution >= 4 is 41.3 Å². The van der Waals surface area contributed by atoms with Crippen LogP contribution in [0.5, 0.6) is 0 Å². The van der Waals surface area contributed by atoms with E-state index in [1.54, 1.807) is 65.0 Å². The van der Waals surface area contributed by atoms with Crippen LogP contribution in [0.25, 0.3) is 0 Å². The summed E-state index contributed by atoms with van der Waals surface area (Å²) in [6, 6.07) is 2.32. The molecule has 2 aliphatic rings. The lowest BCUT2D eigenvalue weighted by molar-refractivity contribution is -0.146. The minimum absolute atomic E-state index is 0.00379. The number of carboxylic acids is 1. The minimum Gasteiger partial charge on any atom is -0.480 e. The number of hydrogen-bond donors (Lipinski definition) is 5. The Morgan fingerprint density at radius 2 is 1.55 bits per heavy atom. The van der Waals surface area contributed by atoms with Gasteiger partial charge in [-0.3, -0.25) is 33.8 Å². The van der Waals surface area contributed by atoms with Crippen molar-refractivity contribution in [1.82, 2.24) is 36.1 Å². The highest BCUT2D eigenvalue weighted by molar-refractivity contribution is 6.38. The Morgan fingerprint density at radius 3 is 2.13 bits per heavy atom. The molecule has 5 amide bonds. The van der Waals surface area contributed by atoms with E-state index in [0.717, 1.165) is 0 Å². The van der Waals surface area contributed by atoms with Crippen LogP contribution in [-0.4, -0.2) is 104 Å². The van der Waals surface area contributed by atoms with E-state index in [2.05, 4.69) is 31.2 Å². The van der Waals surface area contributed by atoms with E-state index in [4.69, 9.17) is 0 Å². The van der Waals surface area contributed by atoms with Crippen LogP contribution in [0.2, 0.25) is 0 Å². The van der Waals surface area contributed by atoms with Gasteiger partial charge in [0.2, 0.25) is 23.5 Å². The lowest BCUT2D eigenvalue weighted by atomic mass is 9.92. The third kappa shape index (κ3) is 9.78. The molecule has 8 atom stereocenters. The van der Waals surface area contributed by atoms with Gasteiger partial charge < -0.3 is 31.3 Å². The van der Waals surface area contributed by atoms with Crippen molar-refractivity contribution in [3.05, 3.63) is 60.2 Å². The van der Waals surface area contributed by atoms with Gasteiger partial charge in [0.15, 0.2) is 0 Å². The number of fused-ring (bicyclic) bond motifs is 1. The molecule has 1 aliphatic heterocycles. The molecule has 16 heteroatoms. The molecule has 5 N–H and O–H groups in total. The molecular formula is C37H48FN7O8. The number of amides is 5. The molecule has 1 saturated heterocycles. The van der Waals surface area contributed by atoms with Crippen LogP contribution in [-0.2, 0) is 35.2 Å². The summed E-state index contributed by atoms with van der Waals surface area (Å²) in [4.78, 5) is 102. The van der Waals surface area contributed by atoms with Crippen molar-refractivity contribution in [2.24, 2.45) is 23.7 Å². The summed E-state index contributed by atoms with van der Waals surface area (Å²) in [5.41, 5.74) is 0.620. The normalized spacial score (nSPS) is 21.5. The zero-order valence-corrected chi connectivity index (χ0v) is 30.5. The molecule has 53 heavy (non-hydrogen) atoms. The summed E-state index contributed by atoms with van der Waals surface area (Å²) in [5, 5.41) is 19.9. The second-order valence-corrected chi connectivity index (χ2v) is 14.3. The Morgan fingerprint density at radius 1 is 0.868 bits per heavy atom. The highest BCUT2D eigenvalue weighted by Crippen LogP contribution is 2.44. The van der Waals surface area contributed by atoms with Gasteiger partial charge in [0.1, 0.15) is 36.0 Å². The number of aromatic nitrogens is 2. The van der Waals surface area contributed by atoms with Gasteiger partial charge in [-0.25, -0.2) is 14.2 Å². The predicted molar refractivity (Wildman–Crippen MR) is 188 cm³/mol. The summed E-state index contributed by atoms with van der Waals surface area (Å²) < 4.78 is 15.1. The number of halogens is 1. The van der Waals surface area contributed by atoms with Crippen molar-refractivity contribution in [2.45, 2.75) is 96.7 Å². The largest absolute Gasteiger partial charge is 0.480 e. The van der Waals surface area contributed by atoms with Crippen molar-refractivity contribution in [3.8, 4) is 0 Å². The van der Waals surface area contributed by atoms with Gasteiger partial charge in [-0.15, -0.1) is 0 Å². The molecule has 1 aliphatic carbocycles. The first-order valence-electron chi connectivity index (χ1n) is 17.9. The fraction of sp³-hybridized carbons (Fsp3) is 0.541. The first kappa shape index (κ1) is 40.5. The standard InChI is InChI=1S/C37H48FN7O8/c1-6-25(31(46)35(50)42-26(37(52)53)16-21-10-8-7-9-11-21)41-34(49)30-22-12-13-24(38)23(22)18-45(30)36(51)29(20(4)5)44-33(48)28(19(2)3)43-32(47)27-17-39-14-15-40-27/h7-11,14-15,17,19-20,22-26,28-30H,6,12-13,16,18H2,1-5H3,(H,41,49)(H,42,50)(H,43,47)(H,44,48)(H,52,53). The van der Waals surface area contributed by atoms with Gasteiger partial charge in [0, 0.05) is 31.3 Å². The number of carbonyl (C=O) groups excluding carboxylic acids is 6. The number of alkyl halides is 1. The summed E-state index contributed by atoms with van der Waals surface area (Å²) in [5.74, 6) is -8.46. The molecule has 1 aromatic heterocycles. The maximum atomic E-state index is 15.1. The number of likely N-dealkylation sites (tertiary alicyclic amines) is 1. The van der Waals surface area contributed by atoms with Crippen LogP contribution >= 0.6 is 0 Å². The summed E-state index contributed by atoms with van der Waals surface area (Å²) >= 11 is 0. The quantitative estimate of drug-likeness (QED) is 0.155. The van der Waals surface area contributed by atoms with Crippen LogP contribution in [0.15, 0.2) is 48.9 Å². The van der Waals surface area contributed by atoms with E-state index in [1.165, 1.54) is 23.5 Å². The first-order chi connectivity index (χ1) is 25.1. The zero-order valence-electron chi connectivity index (χ0n) is 30.5. The highest BCUT2D eigenvalue weighted by atomic mass is 19.1. The first-order valence-corrected chi connectivity index (χ1v) is 17.9. The molecule has 1 saturated carbocycles. The number of ketones is 1. The van der Waals surface area contributed by atoms with Crippen molar-refractivity contribution in [2.75, 3.05) is 6.54 Å². The van der Waals surface area contributed by atoms with Crippen molar-refractivity contribution in [1.29, 1.82) is 0 Å². The van der Waals surface area contributed by atoms with E-state index < -0.39 is 101 Å². The monoisotopic (exact) mass is 737 g/mol. The number of carbonyl (C=O) groups is 7. The summed E-state index contributed by atoms with van der Waals surface area (Å²) in [6.07, 6.45) is 3.07. The number of aliphatic carboxylic acids is 1. The topological polar surface area (TPSA) is 217 Å². The third-order valence-corrected chi connectivity index (χ3v) is 9.90. The minimum atomic E-state index is -1.41. The zero-order chi connectivity index (χ0) is 39.0. The van der Waals surface area contributed by atoms with Crippen molar-refractivity contribution < 1.29 is 43.1 Å². The van der Waals surface area contributed by atoms with Crippen LogP contribution in [0.1, 0.15) is 69.9 Å². The number of nitrogens with one attached hydrogen (secondary N) is 4. The smallest absolute Gasteiger partial charge is 0.326 e. The Kier molecular flexibility index (Phi) is 13.7. The number of nitrogens with zero attached hydrogens (tertiary/aromatic N) is 3. The molecule has 2 fully saturated rings. The SMILES string of the molecule is CCC(NC(=O)C1C2CCC(F)C2CN1C(=O)C(NC(=O)C(NC(=O)c1cnccn1)C(C)C)C(C)C)C(=O)C(=O)NC(Cc1ccccc1)C(=O)O. The second-order valence-electron chi connectivity index (χ2n) is 14.3. The van der Waals surface area contributed by atoms with Crippen LogP contribution in [0.4, 0.5) is 4.39 Å². The predicted octanol–water partition coefficient (Wildman–Crippen LogP) is 1.22. The van der Waals surface area contributed by atoms with E-state index in [9.17, 15) is 38.7 Å². The number of carboxylic acid groups (broad SMARTS) is 1. The molecule has 4 rings (SSSR count). The maximum absolute atomic E-state index is 15.1. The Bertz CT molecular complexity index is 1660. The van der Waals surface area contributed by atoms with Gasteiger partial charge in [-0.2, -0.15) is 0 Å². The van der Waals surface area contributed by atoms with Gasteiger partial charge in [-0.05, 0) is 42.6 Å². The molecule has 2 heterocycles. The lowest BCUT2D eigenvalue weighted by Crippen LogP contribution is -2.60. The lowest BCUT2D eigenvalue weighted by Gasteiger charge is -2.33. The maximum Gasteiger partial charge on any atom is 0.326 e. The molecule has 2 aromatic rings. The molecule has 0 bridgehead atoms. The van der Waals surface area contributed by atoms with Crippen molar-refractivity contribution in [3.63, 3.8) is 0 Å². The number of rotatable bonds is 16. The Labute approximate surface area is 307 Å². The fourth-order valence-electron chi connectivity index (χ4n) is 6.97. The number of hydrogen-bond acceptors (Lipinski definition) is 9. The van der Waals surface area contributed by atoms with Gasteiger partial charge in [0.05, 0.1) is 12.2 Å². The molecular weight excluding hydrogens is 689 g/mol. The highest BCUT2D eigenvalue weighted by Gasteiger charge is 2.55.